The number of nitrogens with one attached hydrogen (secondary N) is 1. The van der Waals surface area contributed by atoms with Crippen molar-refractivity contribution in [3.63, 3.8) is 0 Å². The number of hydrogen-bond acceptors (Lipinski definition) is 2. The summed E-state index contributed by atoms with van der Waals surface area (Å²) in [4.78, 5) is 0.198. The van der Waals surface area contributed by atoms with Crippen molar-refractivity contribution >= 4 is 41.9 Å². The van der Waals surface area contributed by atoms with Crippen molar-refractivity contribution in [2.45, 2.75) is 31.2 Å². The summed E-state index contributed by atoms with van der Waals surface area (Å²) in [5, 5.41) is 0. The van der Waals surface area contributed by atoms with Crippen molar-refractivity contribution in [2.24, 2.45) is 0 Å². The molecule has 0 aromatic heterocycles. The van der Waals surface area contributed by atoms with Crippen LogP contribution in [0.5, 0.6) is 0 Å². The topological polar surface area (TPSA) is 46.2 Å². The number of aryl methyl sites for hydroxylation is 1. The fourth-order valence-electron chi connectivity index (χ4n) is 1.38. The summed E-state index contributed by atoms with van der Waals surface area (Å²) in [6, 6.07) is 3.03. The first-order valence-electron chi connectivity index (χ1n) is 5.19. The van der Waals surface area contributed by atoms with Crippen LogP contribution in [0.4, 0.5) is 0 Å². The van der Waals surface area contributed by atoms with Gasteiger partial charge in [0.05, 0.1) is 4.90 Å². The van der Waals surface area contributed by atoms with Gasteiger partial charge in [-0.3, -0.25) is 0 Å². The second-order valence-corrected chi connectivity index (χ2v) is 7.35. The lowest BCUT2D eigenvalue weighted by Gasteiger charge is -2.13. The lowest BCUT2D eigenvalue weighted by atomic mass is 10.2. The van der Waals surface area contributed by atoms with E-state index in [0.29, 0.717) is 10.9 Å². The Kier molecular flexibility index (Phi) is 5.41. The highest BCUT2D eigenvalue weighted by Gasteiger charge is 2.20. The van der Waals surface area contributed by atoms with Crippen LogP contribution in [0, 0.1) is 19.3 Å². The zero-order chi connectivity index (χ0) is 13.9. The van der Waals surface area contributed by atoms with E-state index in [2.05, 4.69) is 42.5 Å². The Labute approximate surface area is 125 Å². The highest BCUT2D eigenvalue weighted by Crippen LogP contribution is 2.28. The molecule has 1 N–H and O–H groups in total. The Bertz CT molecular complexity index is 591. The molecule has 1 atom stereocenters. The van der Waals surface area contributed by atoms with Crippen molar-refractivity contribution in [3.8, 4) is 12.3 Å². The van der Waals surface area contributed by atoms with Gasteiger partial charge < -0.3 is 0 Å². The first-order chi connectivity index (χ1) is 8.27. The van der Waals surface area contributed by atoms with E-state index >= 15 is 0 Å². The van der Waals surface area contributed by atoms with E-state index in [1.54, 1.807) is 19.1 Å². The van der Waals surface area contributed by atoms with Crippen LogP contribution in [0.25, 0.3) is 0 Å². The molecule has 0 heterocycles. The first kappa shape index (κ1) is 15.7. The van der Waals surface area contributed by atoms with E-state index in [4.69, 9.17) is 6.42 Å². The predicted octanol–water partition coefficient (Wildman–Crippen LogP) is 3.21. The lowest BCUT2D eigenvalue weighted by molar-refractivity contribution is 0.563. The number of terminal acetylenes is 1. The molecular weight excluding hydrogens is 382 g/mol. The van der Waals surface area contributed by atoms with Crippen LogP contribution in [0.1, 0.15) is 18.9 Å². The molecular formula is C12H13Br2NO2S. The quantitative estimate of drug-likeness (QED) is 0.797. The number of rotatable bonds is 4. The summed E-state index contributed by atoms with van der Waals surface area (Å²) in [6.45, 7) is 3.62. The minimum absolute atomic E-state index is 0.198. The van der Waals surface area contributed by atoms with Crippen molar-refractivity contribution in [2.75, 3.05) is 0 Å². The number of halogens is 2. The van der Waals surface area contributed by atoms with E-state index in [1.807, 2.05) is 6.92 Å². The normalized spacial score (nSPS) is 13.1. The summed E-state index contributed by atoms with van der Waals surface area (Å²) in [5.41, 5.74) is 0.956. The van der Waals surface area contributed by atoms with Gasteiger partial charge >= 0.3 is 0 Å². The van der Waals surface area contributed by atoms with Gasteiger partial charge in [-0.15, -0.1) is 12.3 Å². The molecule has 0 aliphatic rings. The molecule has 0 fully saturated rings. The highest BCUT2D eigenvalue weighted by molar-refractivity contribution is 9.11. The molecule has 98 valence electrons. The van der Waals surface area contributed by atoms with E-state index < -0.39 is 10.0 Å². The molecule has 0 aliphatic heterocycles. The van der Waals surface area contributed by atoms with Gasteiger partial charge in [-0.1, -0.05) is 15.9 Å². The second kappa shape index (κ2) is 6.20. The Morgan fingerprint density at radius 2 is 2.00 bits per heavy atom. The van der Waals surface area contributed by atoms with Crippen LogP contribution in [-0.4, -0.2) is 14.5 Å². The Morgan fingerprint density at radius 1 is 1.39 bits per heavy atom. The Balaban J connectivity index is 3.14. The molecule has 0 radical (unpaired) electrons. The van der Waals surface area contributed by atoms with Gasteiger partial charge in [0.15, 0.2) is 0 Å². The minimum Gasteiger partial charge on any atom is -0.207 e. The van der Waals surface area contributed by atoms with Gasteiger partial charge in [0.25, 0.3) is 0 Å². The van der Waals surface area contributed by atoms with Crippen LogP contribution in [0.3, 0.4) is 0 Å². The minimum atomic E-state index is -3.57. The Morgan fingerprint density at radius 3 is 2.56 bits per heavy atom. The summed E-state index contributed by atoms with van der Waals surface area (Å²) < 4.78 is 28.2. The molecule has 0 aliphatic carbocycles. The van der Waals surface area contributed by atoms with Crippen LogP contribution in [0.15, 0.2) is 26.0 Å². The van der Waals surface area contributed by atoms with Gasteiger partial charge in [0, 0.05) is 21.4 Å². The van der Waals surface area contributed by atoms with E-state index in [-0.39, 0.29) is 10.9 Å². The average Bonchev–Trinajstić information content (AvgIpc) is 2.22. The third-order valence-electron chi connectivity index (χ3n) is 2.28. The number of sulfonamides is 1. The molecule has 1 rings (SSSR count). The SMILES string of the molecule is C#CCC(C)NS(=O)(=O)c1cc(Br)c(C)cc1Br. The summed E-state index contributed by atoms with van der Waals surface area (Å²) in [6.07, 6.45) is 5.51. The maximum atomic E-state index is 12.2. The molecule has 1 aromatic rings. The van der Waals surface area contributed by atoms with E-state index in [9.17, 15) is 8.42 Å². The summed E-state index contributed by atoms with van der Waals surface area (Å²) >= 11 is 6.59. The fraction of sp³-hybridized carbons (Fsp3) is 0.333. The molecule has 3 nitrogen and oxygen atoms in total. The van der Waals surface area contributed by atoms with Crippen LogP contribution >= 0.6 is 31.9 Å². The van der Waals surface area contributed by atoms with Crippen LogP contribution < -0.4 is 4.72 Å². The van der Waals surface area contributed by atoms with E-state index in [1.165, 1.54) is 0 Å². The molecule has 1 unspecified atom stereocenters. The zero-order valence-corrected chi connectivity index (χ0v) is 14.0. The summed E-state index contributed by atoms with van der Waals surface area (Å²) in [5.74, 6) is 2.43. The zero-order valence-electron chi connectivity index (χ0n) is 10.00. The van der Waals surface area contributed by atoms with Crippen molar-refractivity contribution < 1.29 is 8.42 Å². The van der Waals surface area contributed by atoms with Crippen molar-refractivity contribution in [1.29, 1.82) is 0 Å². The third kappa shape index (κ3) is 3.82. The molecule has 1 aromatic carbocycles. The van der Waals surface area contributed by atoms with Crippen molar-refractivity contribution in [3.05, 3.63) is 26.6 Å². The second-order valence-electron chi connectivity index (χ2n) is 3.96. The molecule has 0 amide bonds. The lowest BCUT2D eigenvalue weighted by Crippen LogP contribution is -2.32. The molecule has 18 heavy (non-hydrogen) atoms. The number of hydrogen-bond donors (Lipinski definition) is 1. The maximum Gasteiger partial charge on any atom is 0.242 e. The molecule has 0 saturated carbocycles. The van der Waals surface area contributed by atoms with Crippen molar-refractivity contribution in [1.82, 2.24) is 4.72 Å². The van der Waals surface area contributed by atoms with Gasteiger partial charge in [-0.25, -0.2) is 13.1 Å². The highest BCUT2D eigenvalue weighted by atomic mass is 79.9. The standard InChI is InChI=1S/C12H13Br2NO2S/c1-4-5-9(3)15-18(16,17)12-7-10(13)8(2)6-11(12)14/h1,6-7,9,15H,5H2,2-3H3. The third-order valence-corrected chi connectivity index (χ3v) is 5.69. The smallest absolute Gasteiger partial charge is 0.207 e. The van der Waals surface area contributed by atoms with E-state index in [0.717, 1.165) is 10.0 Å². The molecule has 0 bridgehead atoms. The van der Waals surface area contributed by atoms with Gasteiger partial charge in [0.2, 0.25) is 10.0 Å². The fourth-order valence-corrected chi connectivity index (χ4v) is 4.30. The first-order valence-corrected chi connectivity index (χ1v) is 8.26. The molecule has 6 heteroatoms. The van der Waals surface area contributed by atoms with Crippen LogP contribution in [0.2, 0.25) is 0 Å². The molecule has 0 saturated heterocycles. The van der Waals surface area contributed by atoms with Gasteiger partial charge in [0.1, 0.15) is 0 Å². The maximum absolute atomic E-state index is 12.2. The summed E-state index contributed by atoms with van der Waals surface area (Å²) in [7, 11) is -3.57. The van der Waals surface area contributed by atoms with Gasteiger partial charge in [-0.05, 0) is 47.5 Å². The average molecular weight is 395 g/mol. The number of benzene rings is 1. The van der Waals surface area contributed by atoms with Gasteiger partial charge in [-0.2, -0.15) is 0 Å². The molecule has 0 spiro atoms. The largest absolute Gasteiger partial charge is 0.242 e. The monoisotopic (exact) mass is 393 g/mol. The van der Waals surface area contributed by atoms with Crippen LogP contribution in [-0.2, 0) is 10.0 Å². The Hall–Kier alpha value is -0.350. The predicted molar refractivity (Wildman–Crippen MR) is 79.8 cm³/mol.